The van der Waals surface area contributed by atoms with Crippen LogP contribution in [0.15, 0.2) is 35.1 Å². The fourth-order valence-corrected chi connectivity index (χ4v) is 4.14. The molecule has 3 rings (SSSR count). The van der Waals surface area contributed by atoms with Crippen LogP contribution in [0.25, 0.3) is 10.9 Å². The molecule has 0 saturated carbocycles. The molecule has 10 heteroatoms. The molecule has 0 unspecified atom stereocenters. The van der Waals surface area contributed by atoms with E-state index in [4.69, 9.17) is 5.11 Å². The van der Waals surface area contributed by atoms with Crippen LogP contribution in [0.4, 0.5) is 5.00 Å². The number of carbonyl (C=O) groups is 2. The van der Waals surface area contributed by atoms with Crippen LogP contribution in [0.5, 0.6) is 0 Å². The first-order valence-electron chi connectivity index (χ1n) is 9.70. The first kappa shape index (κ1) is 22.4. The summed E-state index contributed by atoms with van der Waals surface area (Å²) in [6.45, 7) is 2.68. The summed E-state index contributed by atoms with van der Waals surface area (Å²) in [5, 5.41) is 22.4. The molecule has 2 heterocycles. The van der Waals surface area contributed by atoms with Gasteiger partial charge in [-0.1, -0.05) is 6.07 Å². The van der Waals surface area contributed by atoms with Crippen molar-refractivity contribution in [2.75, 3.05) is 11.9 Å². The first-order chi connectivity index (χ1) is 14.7. The molecule has 0 aliphatic rings. The van der Waals surface area contributed by atoms with Crippen LogP contribution >= 0.6 is 11.3 Å². The lowest BCUT2D eigenvalue weighted by Crippen LogP contribution is -2.36. The van der Waals surface area contributed by atoms with Gasteiger partial charge in [0, 0.05) is 31.4 Å². The zero-order chi connectivity index (χ0) is 22.5. The summed E-state index contributed by atoms with van der Waals surface area (Å²) in [4.78, 5) is 44.2. The van der Waals surface area contributed by atoms with E-state index in [9.17, 15) is 19.5 Å². The minimum absolute atomic E-state index is 0.0261. The lowest BCUT2D eigenvalue weighted by atomic mass is 10.1. The van der Waals surface area contributed by atoms with E-state index in [1.807, 2.05) is 42.3 Å². The summed E-state index contributed by atoms with van der Waals surface area (Å²) >= 11 is 1.52. The van der Waals surface area contributed by atoms with Crippen molar-refractivity contribution in [3.63, 3.8) is 0 Å². The topological polar surface area (TPSA) is 136 Å². The molecule has 0 spiro atoms. The fraction of sp³-hybridized carbons (Fsp3) is 0.333. The number of fused-ring (bicyclic) bond motifs is 1. The highest BCUT2D eigenvalue weighted by atomic mass is 32.1. The van der Waals surface area contributed by atoms with E-state index >= 15 is 0 Å². The Morgan fingerprint density at radius 3 is 2.74 bits per heavy atom. The monoisotopic (exact) mass is 444 g/mol. The quantitative estimate of drug-likeness (QED) is 0.374. The van der Waals surface area contributed by atoms with E-state index in [1.54, 1.807) is 6.92 Å². The van der Waals surface area contributed by atoms with Crippen molar-refractivity contribution >= 4 is 39.2 Å². The third-order valence-corrected chi connectivity index (χ3v) is 6.00. The SMILES string of the molecule is Cc1nc2ccc(CN(C)c3ccc(CN[C@@H](CCC(=O)O)C(=O)O)s3)cc2c(=O)[nH]1. The number of rotatable bonds is 10. The second kappa shape index (κ2) is 9.71. The Hall–Kier alpha value is -3.24. The Kier molecular flexibility index (Phi) is 7.03. The molecule has 1 atom stereocenters. The fourth-order valence-electron chi connectivity index (χ4n) is 3.22. The predicted molar refractivity (Wildman–Crippen MR) is 119 cm³/mol. The number of nitrogens with zero attached hydrogens (tertiary/aromatic N) is 2. The zero-order valence-corrected chi connectivity index (χ0v) is 18.0. The molecule has 0 saturated heterocycles. The maximum atomic E-state index is 12.2. The summed E-state index contributed by atoms with van der Waals surface area (Å²) in [6, 6.07) is 8.58. The average molecular weight is 445 g/mol. The normalized spacial score (nSPS) is 12.1. The van der Waals surface area contributed by atoms with Crippen LogP contribution in [0.1, 0.15) is 29.1 Å². The molecule has 2 aromatic heterocycles. The molecule has 0 aliphatic carbocycles. The van der Waals surface area contributed by atoms with Crippen LogP contribution in [-0.4, -0.2) is 45.2 Å². The number of carboxylic acid groups (broad SMARTS) is 2. The van der Waals surface area contributed by atoms with E-state index in [0.717, 1.165) is 15.4 Å². The van der Waals surface area contributed by atoms with Gasteiger partial charge < -0.3 is 20.1 Å². The third kappa shape index (κ3) is 5.89. The number of aromatic amines is 1. The van der Waals surface area contributed by atoms with E-state index in [0.29, 0.717) is 29.8 Å². The standard InChI is InChI=1S/C21H24N4O5S/c1-12-23-16-5-3-13(9-15(16)20(28)24-12)11-25(2)18-7-4-14(31-18)10-22-17(21(29)30)6-8-19(26)27/h3-5,7,9,17,22H,6,8,10-11H2,1-2H3,(H,26,27)(H,29,30)(H,23,24,28)/t17-/m0/s1. The highest BCUT2D eigenvalue weighted by Gasteiger charge is 2.18. The lowest BCUT2D eigenvalue weighted by Gasteiger charge is -2.17. The van der Waals surface area contributed by atoms with Gasteiger partial charge in [0.25, 0.3) is 5.56 Å². The van der Waals surface area contributed by atoms with E-state index in [-0.39, 0.29) is 18.4 Å². The second-order valence-corrected chi connectivity index (χ2v) is 8.45. The van der Waals surface area contributed by atoms with Crippen LogP contribution in [-0.2, 0) is 22.7 Å². The minimum atomic E-state index is -1.06. The molecule has 3 aromatic rings. The number of aliphatic carboxylic acids is 2. The molecule has 0 bridgehead atoms. The first-order valence-corrected chi connectivity index (χ1v) is 10.5. The predicted octanol–water partition coefficient (Wildman–Crippen LogP) is 2.34. The molecule has 0 aliphatic heterocycles. The summed E-state index contributed by atoms with van der Waals surface area (Å²) in [7, 11) is 1.94. The number of nitrogens with one attached hydrogen (secondary N) is 2. The molecule has 164 valence electrons. The van der Waals surface area contributed by atoms with Crippen LogP contribution in [0, 0.1) is 6.92 Å². The van der Waals surface area contributed by atoms with Gasteiger partial charge in [0.05, 0.1) is 15.9 Å². The summed E-state index contributed by atoms with van der Waals surface area (Å²) in [5.41, 5.74) is 1.47. The van der Waals surface area contributed by atoms with Crippen molar-refractivity contribution in [3.8, 4) is 0 Å². The van der Waals surface area contributed by atoms with Gasteiger partial charge in [-0.25, -0.2) is 4.98 Å². The van der Waals surface area contributed by atoms with Crippen LogP contribution in [0.3, 0.4) is 0 Å². The van der Waals surface area contributed by atoms with E-state index in [1.165, 1.54) is 11.3 Å². The number of aromatic nitrogens is 2. The van der Waals surface area contributed by atoms with Gasteiger partial charge in [0.15, 0.2) is 0 Å². The molecule has 4 N–H and O–H groups in total. The van der Waals surface area contributed by atoms with Gasteiger partial charge in [-0.15, -0.1) is 11.3 Å². The van der Waals surface area contributed by atoms with Crippen molar-refractivity contribution < 1.29 is 19.8 Å². The van der Waals surface area contributed by atoms with Crippen LogP contribution in [0.2, 0.25) is 0 Å². The molecular formula is C21H24N4O5S. The Labute approximate surface area is 182 Å². The Bertz CT molecular complexity index is 1160. The van der Waals surface area contributed by atoms with Gasteiger partial charge in [-0.3, -0.25) is 19.7 Å². The van der Waals surface area contributed by atoms with E-state index < -0.39 is 18.0 Å². The van der Waals surface area contributed by atoms with Gasteiger partial charge in [-0.2, -0.15) is 0 Å². The smallest absolute Gasteiger partial charge is 0.320 e. The number of thiophene rings is 1. The van der Waals surface area contributed by atoms with Crippen molar-refractivity contribution in [1.29, 1.82) is 0 Å². The molecule has 0 amide bonds. The number of hydrogen-bond acceptors (Lipinski definition) is 7. The van der Waals surface area contributed by atoms with Crippen LogP contribution < -0.4 is 15.8 Å². The second-order valence-electron chi connectivity index (χ2n) is 7.30. The van der Waals surface area contributed by atoms with Crippen molar-refractivity contribution in [1.82, 2.24) is 15.3 Å². The summed E-state index contributed by atoms with van der Waals surface area (Å²) in [5.74, 6) is -1.50. The van der Waals surface area contributed by atoms with Gasteiger partial charge in [-0.05, 0) is 43.2 Å². The van der Waals surface area contributed by atoms with Gasteiger partial charge in [0.2, 0.25) is 0 Å². The van der Waals surface area contributed by atoms with Crippen molar-refractivity contribution in [2.24, 2.45) is 0 Å². The number of anilines is 1. The lowest BCUT2D eigenvalue weighted by molar-refractivity contribution is -0.140. The van der Waals surface area contributed by atoms with E-state index in [2.05, 4.69) is 15.3 Å². The summed E-state index contributed by atoms with van der Waals surface area (Å²) < 4.78 is 0. The number of carboxylic acids is 2. The number of aryl methyl sites for hydroxylation is 1. The average Bonchev–Trinajstić information content (AvgIpc) is 3.17. The number of H-pyrrole nitrogens is 1. The highest BCUT2D eigenvalue weighted by molar-refractivity contribution is 7.16. The maximum absolute atomic E-state index is 12.2. The molecule has 1 aromatic carbocycles. The van der Waals surface area contributed by atoms with Gasteiger partial charge in [0.1, 0.15) is 11.9 Å². The minimum Gasteiger partial charge on any atom is -0.481 e. The zero-order valence-electron chi connectivity index (χ0n) is 17.2. The van der Waals surface area contributed by atoms with Gasteiger partial charge >= 0.3 is 11.9 Å². The number of benzene rings is 1. The molecule has 0 fully saturated rings. The Morgan fingerprint density at radius 1 is 1.26 bits per heavy atom. The molecule has 31 heavy (non-hydrogen) atoms. The maximum Gasteiger partial charge on any atom is 0.320 e. The largest absolute Gasteiger partial charge is 0.481 e. The third-order valence-electron chi connectivity index (χ3n) is 4.80. The van der Waals surface area contributed by atoms with Crippen molar-refractivity contribution in [2.45, 2.75) is 38.9 Å². The highest BCUT2D eigenvalue weighted by Crippen LogP contribution is 2.27. The Morgan fingerprint density at radius 2 is 2.03 bits per heavy atom. The molecule has 0 radical (unpaired) electrons. The Balaban J connectivity index is 1.64. The van der Waals surface area contributed by atoms with Crippen molar-refractivity contribution in [3.05, 3.63) is 57.0 Å². The molecule has 9 nitrogen and oxygen atoms in total. The number of hydrogen-bond donors (Lipinski definition) is 4. The molecular weight excluding hydrogens is 420 g/mol. The summed E-state index contributed by atoms with van der Waals surface area (Å²) in [6.07, 6.45) is -0.176.